The van der Waals surface area contributed by atoms with Gasteiger partial charge in [-0.05, 0) is 61.7 Å². The maximum absolute atomic E-state index is 5.97. The van der Waals surface area contributed by atoms with Crippen molar-refractivity contribution in [2.75, 3.05) is 0 Å². The van der Waals surface area contributed by atoms with Crippen molar-refractivity contribution in [1.29, 1.82) is 0 Å². The van der Waals surface area contributed by atoms with Crippen molar-refractivity contribution in [2.24, 2.45) is 15.0 Å². The SMILES string of the molecule is C#C/C(=C\C=C/C)c1cc(-c2nc(-c3ccccc3)nc(-c3cccc4sc5ccc(C(N=C)=NC(=NCc6ccccc6)c6ccccc6)cc5c34)n2)ccc1S. The summed E-state index contributed by atoms with van der Waals surface area (Å²) in [6.07, 6.45) is 11.7. The number of nitrogens with zero attached hydrogens (tertiary/aromatic N) is 6. The van der Waals surface area contributed by atoms with Gasteiger partial charge >= 0.3 is 0 Å². The van der Waals surface area contributed by atoms with Crippen molar-refractivity contribution < 1.29 is 0 Å². The van der Waals surface area contributed by atoms with Gasteiger partial charge in [0.25, 0.3) is 0 Å². The summed E-state index contributed by atoms with van der Waals surface area (Å²) in [6, 6.07) is 48.4. The molecule has 6 nitrogen and oxygen atoms in total. The van der Waals surface area contributed by atoms with Gasteiger partial charge in [0.05, 0.1) is 6.54 Å². The Bertz CT molecular complexity index is 2960. The van der Waals surface area contributed by atoms with Crippen molar-refractivity contribution in [2.45, 2.75) is 18.4 Å². The van der Waals surface area contributed by atoms with Crippen LogP contribution in [0.2, 0.25) is 0 Å². The summed E-state index contributed by atoms with van der Waals surface area (Å²) >= 11 is 6.46. The lowest BCUT2D eigenvalue weighted by Crippen LogP contribution is -2.05. The third-order valence-corrected chi connectivity index (χ3v) is 11.0. The van der Waals surface area contributed by atoms with Gasteiger partial charge in [-0.25, -0.2) is 24.9 Å². The van der Waals surface area contributed by atoms with Crippen molar-refractivity contribution in [3.8, 4) is 46.5 Å². The third-order valence-electron chi connectivity index (χ3n) is 9.47. The Morgan fingerprint density at radius 1 is 0.724 bits per heavy atom. The summed E-state index contributed by atoms with van der Waals surface area (Å²) in [7, 11) is 0. The Morgan fingerprint density at radius 3 is 2.16 bits per heavy atom. The zero-order valence-electron chi connectivity index (χ0n) is 31.6. The molecule has 0 N–H and O–H groups in total. The first-order chi connectivity index (χ1) is 28.5. The molecule has 0 aliphatic heterocycles. The molecule has 0 radical (unpaired) electrons. The first-order valence-corrected chi connectivity index (χ1v) is 19.9. The molecule has 0 unspecified atom stereocenters. The van der Waals surface area contributed by atoms with E-state index in [-0.39, 0.29) is 0 Å². The highest BCUT2D eigenvalue weighted by Gasteiger charge is 2.19. The summed E-state index contributed by atoms with van der Waals surface area (Å²) in [5.74, 6) is 5.49. The molecular weight excluding hydrogens is 749 g/mol. The first-order valence-electron chi connectivity index (χ1n) is 18.6. The van der Waals surface area contributed by atoms with E-state index in [0.29, 0.717) is 41.3 Å². The molecule has 8 aromatic rings. The van der Waals surface area contributed by atoms with E-state index >= 15 is 0 Å². The predicted octanol–water partition coefficient (Wildman–Crippen LogP) is 12.2. The zero-order valence-corrected chi connectivity index (χ0v) is 33.3. The molecule has 278 valence electrons. The van der Waals surface area contributed by atoms with E-state index in [0.717, 1.165) is 64.0 Å². The maximum Gasteiger partial charge on any atom is 0.164 e. The lowest BCUT2D eigenvalue weighted by molar-refractivity contribution is 1.06. The summed E-state index contributed by atoms with van der Waals surface area (Å²) in [6.45, 7) is 6.36. The number of fused-ring (bicyclic) bond motifs is 3. The van der Waals surface area contributed by atoms with Gasteiger partial charge in [0.1, 0.15) is 0 Å². The van der Waals surface area contributed by atoms with Gasteiger partial charge in [0, 0.05) is 64.0 Å². The van der Waals surface area contributed by atoms with E-state index in [1.54, 1.807) is 11.3 Å². The van der Waals surface area contributed by atoms with Crippen molar-refractivity contribution in [1.82, 2.24) is 15.0 Å². The number of allylic oxidation sites excluding steroid dienone is 4. The number of aromatic nitrogens is 3. The summed E-state index contributed by atoms with van der Waals surface area (Å²) in [5, 5.41) is 2.06. The van der Waals surface area contributed by atoms with Crippen molar-refractivity contribution in [3.05, 3.63) is 186 Å². The Kier molecular flexibility index (Phi) is 11.4. The van der Waals surface area contributed by atoms with Crippen LogP contribution in [0.15, 0.2) is 184 Å². The Labute approximate surface area is 347 Å². The largest absolute Gasteiger partial charge is 0.261 e. The van der Waals surface area contributed by atoms with Crippen LogP contribution in [0, 0.1) is 12.3 Å². The quantitative estimate of drug-likeness (QED) is 0.0521. The van der Waals surface area contributed by atoms with Crippen LogP contribution in [0.3, 0.4) is 0 Å². The molecule has 2 heterocycles. The second-order valence-electron chi connectivity index (χ2n) is 13.2. The number of terminal acetylenes is 1. The van der Waals surface area contributed by atoms with E-state index in [1.165, 1.54) is 0 Å². The number of amidine groups is 2. The van der Waals surface area contributed by atoms with Crippen molar-refractivity contribution >= 4 is 68.1 Å². The van der Waals surface area contributed by atoms with Gasteiger partial charge in [-0.15, -0.1) is 30.4 Å². The molecule has 6 aromatic carbocycles. The molecule has 8 heteroatoms. The molecule has 8 rings (SSSR count). The van der Waals surface area contributed by atoms with Crippen LogP contribution in [0.25, 0.3) is 59.9 Å². The number of benzene rings is 6. The van der Waals surface area contributed by atoms with E-state index in [2.05, 4.69) is 54.0 Å². The molecule has 0 amide bonds. The number of rotatable bonds is 9. The lowest BCUT2D eigenvalue weighted by atomic mass is 10.0. The van der Waals surface area contributed by atoms with Gasteiger partial charge in [0.15, 0.2) is 29.1 Å². The van der Waals surface area contributed by atoms with Gasteiger partial charge < -0.3 is 0 Å². The van der Waals surface area contributed by atoms with Gasteiger partial charge in [-0.3, -0.25) is 4.99 Å². The number of thiol groups is 1. The van der Waals surface area contributed by atoms with Crippen LogP contribution in [0.4, 0.5) is 0 Å². The Morgan fingerprint density at radius 2 is 1.43 bits per heavy atom. The van der Waals surface area contributed by atoms with Gasteiger partial charge in [0.2, 0.25) is 0 Å². The van der Waals surface area contributed by atoms with E-state index in [9.17, 15) is 0 Å². The summed E-state index contributed by atoms with van der Waals surface area (Å²) < 4.78 is 2.21. The molecule has 0 atom stereocenters. The first kappa shape index (κ1) is 37.9. The second kappa shape index (κ2) is 17.4. The van der Waals surface area contributed by atoms with E-state index in [1.807, 2.05) is 134 Å². The average Bonchev–Trinajstić information content (AvgIpc) is 3.66. The van der Waals surface area contributed by atoms with Crippen molar-refractivity contribution in [3.63, 3.8) is 0 Å². The van der Waals surface area contributed by atoms with E-state index in [4.69, 9.17) is 44.0 Å². The smallest absolute Gasteiger partial charge is 0.164 e. The zero-order chi connectivity index (χ0) is 39.8. The second-order valence-corrected chi connectivity index (χ2v) is 14.8. The Hall–Kier alpha value is -7.05. The van der Waals surface area contributed by atoms with Crippen LogP contribution >= 0.6 is 24.0 Å². The third kappa shape index (κ3) is 8.09. The molecule has 58 heavy (non-hydrogen) atoms. The topological polar surface area (TPSA) is 75.8 Å². The Balaban J connectivity index is 1.28. The molecule has 0 bridgehead atoms. The van der Waals surface area contributed by atoms with Gasteiger partial charge in [-0.1, -0.05) is 127 Å². The van der Waals surface area contributed by atoms with Crippen LogP contribution in [-0.2, 0) is 6.54 Å². The average molecular weight is 785 g/mol. The number of hydrogen-bond donors (Lipinski definition) is 1. The van der Waals surface area contributed by atoms with Gasteiger partial charge in [-0.2, -0.15) is 0 Å². The van der Waals surface area contributed by atoms with Crippen LogP contribution in [0.1, 0.15) is 29.2 Å². The molecular formula is C50H36N6S2. The van der Waals surface area contributed by atoms with E-state index < -0.39 is 0 Å². The highest BCUT2D eigenvalue weighted by molar-refractivity contribution is 7.80. The van der Waals surface area contributed by atoms with Crippen LogP contribution < -0.4 is 0 Å². The molecule has 2 aromatic heterocycles. The standard InChI is InChI=1S/C50H36N6S2/c1-4-6-19-34(5-2)40-30-38(26-28-42(40)57)49-54-48(36-22-14-9-15-23-36)55-50(56-49)39-24-16-25-44-45(39)41-31-37(27-29-43(41)58-44)46(51-3)53-47(35-20-12-8-13-21-35)52-32-33-17-10-7-11-18-33/h2,4,6-31,57H,3,32H2,1H3/b6-4-,34-19+,52-47?,53-46?. The molecule has 0 aliphatic carbocycles. The fraction of sp³-hybridized carbons (Fsp3) is 0.0400. The maximum atomic E-state index is 5.97. The minimum atomic E-state index is 0.474. The predicted molar refractivity (Wildman–Crippen MR) is 247 cm³/mol. The minimum Gasteiger partial charge on any atom is -0.261 e. The highest BCUT2D eigenvalue weighted by Crippen LogP contribution is 2.40. The summed E-state index contributed by atoms with van der Waals surface area (Å²) in [4.78, 5) is 30.4. The number of aliphatic imine (C=N–C) groups is 3. The fourth-order valence-corrected chi connectivity index (χ4v) is 7.98. The molecule has 0 saturated heterocycles. The molecule has 0 saturated carbocycles. The number of thiophene rings is 1. The number of hydrogen-bond acceptors (Lipinski definition) is 6. The highest BCUT2D eigenvalue weighted by atomic mass is 32.1. The van der Waals surface area contributed by atoms with Crippen LogP contribution in [0.5, 0.6) is 0 Å². The monoisotopic (exact) mass is 784 g/mol. The fourth-order valence-electron chi connectivity index (χ4n) is 6.61. The van der Waals surface area contributed by atoms with Crippen LogP contribution in [-0.4, -0.2) is 33.3 Å². The lowest BCUT2D eigenvalue weighted by Gasteiger charge is -2.11. The minimum absolute atomic E-state index is 0.474. The normalized spacial score (nSPS) is 12.3. The molecule has 0 aliphatic rings. The molecule has 0 spiro atoms. The summed E-state index contributed by atoms with van der Waals surface area (Å²) in [5.41, 5.74) is 6.88. The molecule has 0 fully saturated rings.